The predicted octanol–water partition coefficient (Wildman–Crippen LogP) is 17.5. The minimum absolute atomic E-state index is 0. The molecule has 6 aromatic carbocycles. The molecular weight excluding hydrogens is 1040 g/mol. The molecule has 0 radical (unpaired) electrons. The van der Waals surface area contributed by atoms with Crippen LogP contribution in [0.5, 0.6) is 11.5 Å². The van der Waals surface area contributed by atoms with Crippen LogP contribution in [0.25, 0.3) is 49.9 Å². The van der Waals surface area contributed by atoms with E-state index in [0.29, 0.717) is 11.5 Å². The average molecular weight is 1110 g/mol. The summed E-state index contributed by atoms with van der Waals surface area (Å²) in [5.41, 5.74) is 14.2. The van der Waals surface area contributed by atoms with Gasteiger partial charge in [-0.2, -0.15) is 6.07 Å². The second kappa shape index (κ2) is 18.4. The molecule has 0 unspecified atom stereocenters. The molecule has 3 heterocycles. The Labute approximate surface area is 432 Å². The van der Waals surface area contributed by atoms with Crippen LogP contribution in [0.1, 0.15) is 121 Å². The molecule has 9 rings (SSSR count). The molecule has 8 aromatic rings. The number of hydrogen-bond donors (Lipinski definition) is 0. The Morgan fingerprint density at radius 2 is 1.04 bits per heavy atom. The predicted molar refractivity (Wildman–Crippen MR) is 291 cm³/mol. The van der Waals surface area contributed by atoms with Gasteiger partial charge >= 0.3 is 0 Å². The van der Waals surface area contributed by atoms with Gasteiger partial charge in [0.2, 0.25) is 0 Å². The fourth-order valence-electron chi connectivity index (χ4n) is 9.98. The first-order chi connectivity index (χ1) is 32.4. The number of aromatic nitrogens is 2. The van der Waals surface area contributed by atoms with Crippen LogP contribution in [0, 0.1) is 29.6 Å². The smallest absolute Gasteiger partial charge is 0.135 e. The molecule has 0 saturated carbocycles. The van der Waals surface area contributed by atoms with Crippen LogP contribution in [0.2, 0.25) is 0 Å². The summed E-state index contributed by atoms with van der Waals surface area (Å²) in [4.78, 5) is 9.75. The van der Waals surface area contributed by atoms with Gasteiger partial charge in [-0.15, -0.1) is 53.6 Å². The number of fused-ring (bicyclic) bond motifs is 3. The van der Waals surface area contributed by atoms with Gasteiger partial charge in [0, 0.05) is 72.2 Å². The molecule has 5 nitrogen and oxygen atoms in total. The molecule has 0 aliphatic carbocycles. The number of ether oxygens (including phenoxy) is 1. The Kier molecular flexibility index (Phi) is 13.2. The Bertz CT molecular complexity index is 3180. The molecule has 0 N–H and O–H groups in total. The zero-order valence-electron chi connectivity index (χ0n) is 43.9. The maximum absolute atomic E-state index is 6.97. The monoisotopic (exact) mass is 1100 g/mol. The second-order valence-corrected chi connectivity index (χ2v) is 24.0. The number of rotatable bonds is 7. The standard InChI is InChI=1S/C64H69N4O.Pt/c1-60(2,3)44-32-33-65-56(36-44)68-54-29-23-22-28-50(54)51-31-30-48(40-55(51)68)69-49-35-45(61(4,5)6)34-46(37-49)66-41-67(59(64(13,14)15)58(66)63(10,11)12)47-38-52(42-24-18-16-19-25-42)57(62(7,8)9)53(39-47)43-26-20-17-21-27-43;/h16-36,38-39,41H,1-15H3;/q-3;. The summed E-state index contributed by atoms with van der Waals surface area (Å²) < 4.78 is 9.19. The Morgan fingerprint density at radius 1 is 0.486 bits per heavy atom. The molecule has 0 fully saturated rings. The van der Waals surface area contributed by atoms with Crippen LogP contribution < -0.4 is 14.5 Å². The summed E-state index contributed by atoms with van der Waals surface area (Å²) in [5, 5.41) is 2.24. The fraction of sp³-hybridized carbons (Fsp3) is 0.312. The van der Waals surface area contributed by atoms with E-state index < -0.39 is 0 Å². The Morgan fingerprint density at radius 3 is 1.60 bits per heavy atom. The van der Waals surface area contributed by atoms with E-state index >= 15 is 0 Å². The van der Waals surface area contributed by atoms with Gasteiger partial charge in [0.1, 0.15) is 5.82 Å². The van der Waals surface area contributed by atoms with E-state index in [-0.39, 0.29) is 48.1 Å². The number of allylic oxidation sites excluding steroid dienone is 2. The van der Waals surface area contributed by atoms with Gasteiger partial charge in [0.05, 0.1) is 0 Å². The summed E-state index contributed by atoms with van der Waals surface area (Å²) in [6.45, 7) is 36.8. The molecule has 70 heavy (non-hydrogen) atoms. The van der Waals surface area contributed by atoms with Crippen molar-refractivity contribution in [3.8, 4) is 39.6 Å². The molecule has 0 atom stereocenters. The van der Waals surface area contributed by atoms with Crippen LogP contribution >= 0.6 is 0 Å². The molecule has 0 spiro atoms. The van der Waals surface area contributed by atoms with Gasteiger partial charge in [-0.25, -0.2) is 4.98 Å². The van der Waals surface area contributed by atoms with Crippen LogP contribution in [0.3, 0.4) is 0 Å². The van der Waals surface area contributed by atoms with Gasteiger partial charge in [-0.05, 0) is 85.3 Å². The number of nitrogens with zero attached hydrogens (tertiary/aromatic N) is 4. The first-order valence-electron chi connectivity index (χ1n) is 24.5. The van der Waals surface area contributed by atoms with E-state index in [1.807, 2.05) is 12.3 Å². The number of pyridine rings is 1. The maximum atomic E-state index is 6.97. The van der Waals surface area contributed by atoms with Crippen molar-refractivity contribution in [2.75, 3.05) is 9.80 Å². The van der Waals surface area contributed by atoms with E-state index in [2.05, 4.69) is 264 Å². The van der Waals surface area contributed by atoms with Crippen LogP contribution in [0.15, 0.2) is 151 Å². The first kappa shape index (κ1) is 50.5. The zero-order valence-corrected chi connectivity index (χ0v) is 46.1. The van der Waals surface area contributed by atoms with Gasteiger partial charge < -0.3 is 19.1 Å². The summed E-state index contributed by atoms with van der Waals surface area (Å²) in [5.74, 6) is 2.10. The molecule has 1 aliphatic heterocycles. The summed E-state index contributed by atoms with van der Waals surface area (Å²) in [7, 11) is 0. The van der Waals surface area contributed by atoms with Crippen LogP contribution in [0.4, 0.5) is 11.4 Å². The Balaban J connectivity index is 0.00000659. The molecule has 1 aliphatic rings. The van der Waals surface area contributed by atoms with Crippen molar-refractivity contribution in [2.45, 2.75) is 120 Å². The fourth-order valence-corrected chi connectivity index (χ4v) is 9.98. The number of benzene rings is 6. The molecule has 2 aromatic heterocycles. The minimum atomic E-state index is -0.263. The third-order valence-electron chi connectivity index (χ3n) is 13.3. The number of para-hydroxylation sites is 1. The van der Waals surface area contributed by atoms with Crippen LogP contribution in [-0.2, 0) is 37.3 Å². The van der Waals surface area contributed by atoms with E-state index in [9.17, 15) is 0 Å². The molecule has 0 amide bonds. The molecule has 6 heteroatoms. The largest absolute Gasteiger partial charge is 0.509 e. The molecule has 0 saturated heterocycles. The van der Waals surface area contributed by atoms with E-state index in [0.717, 1.165) is 44.6 Å². The average Bonchev–Trinajstić information content (AvgIpc) is 3.87. The maximum Gasteiger partial charge on any atom is 0.135 e. The summed E-state index contributed by atoms with van der Waals surface area (Å²) in [6.07, 6.45) is 1.92. The van der Waals surface area contributed by atoms with Gasteiger partial charge in [0.25, 0.3) is 0 Å². The third-order valence-corrected chi connectivity index (χ3v) is 13.3. The van der Waals surface area contributed by atoms with Gasteiger partial charge in [0.15, 0.2) is 0 Å². The summed E-state index contributed by atoms with van der Waals surface area (Å²) >= 11 is 0. The van der Waals surface area contributed by atoms with Crippen molar-refractivity contribution >= 4 is 33.2 Å². The van der Waals surface area contributed by atoms with Gasteiger partial charge in [-0.3, -0.25) is 0 Å². The van der Waals surface area contributed by atoms with E-state index in [1.165, 1.54) is 44.8 Å². The van der Waals surface area contributed by atoms with Crippen LogP contribution in [-0.4, -0.2) is 9.55 Å². The van der Waals surface area contributed by atoms with E-state index in [1.54, 1.807) is 0 Å². The zero-order chi connectivity index (χ0) is 49.4. The summed E-state index contributed by atoms with van der Waals surface area (Å²) in [6, 6.07) is 55.6. The minimum Gasteiger partial charge on any atom is -0.509 e. The van der Waals surface area contributed by atoms with Crippen molar-refractivity contribution in [1.29, 1.82) is 0 Å². The van der Waals surface area contributed by atoms with Crippen molar-refractivity contribution in [2.24, 2.45) is 10.8 Å². The molecule has 364 valence electrons. The van der Waals surface area contributed by atoms with Crippen molar-refractivity contribution in [3.05, 3.63) is 187 Å². The topological polar surface area (TPSA) is 33.5 Å². The van der Waals surface area contributed by atoms with Crippen molar-refractivity contribution < 1.29 is 25.8 Å². The molecular formula is C64H69N4OPt-3. The van der Waals surface area contributed by atoms with E-state index in [4.69, 9.17) is 9.72 Å². The normalized spacial score (nSPS) is 13.9. The van der Waals surface area contributed by atoms with Crippen molar-refractivity contribution in [3.63, 3.8) is 0 Å². The Hall–Kier alpha value is -5.90. The first-order valence-corrected chi connectivity index (χ1v) is 24.5. The van der Waals surface area contributed by atoms with Crippen molar-refractivity contribution in [1.82, 2.24) is 9.55 Å². The second-order valence-electron chi connectivity index (χ2n) is 24.0. The SMILES string of the molecule is CC(C)(C)C1=C(C(C)(C)C)N(c2cc(-c3ccccc3)c(C(C)(C)C)c(-c3ccccc3)c2)[CH-]N1c1[c-]c(Oc2[c-]c3c(cc2)c2ccccc2n3-c2cc(C(C)(C)C)ccn2)cc(C(C)(C)C)c1.[Pt]. The quantitative estimate of drug-likeness (QED) is 0.149. The third kappa shape index (κ3) is 9.76. The molecule has 0 bridgehead atoms. The number of hydrogen-bond acceptors (Lipinski definition) is 4. The number of anilines is 2. The van der Waals surface area contributed by atoms with Gasteiger partial charge in [-0.1, -0.05) is 188 Å².